The number of hydrogen-bond acceptors (Lipinski definition) is 5. The van der Waals surface area contributed by atoms with Crippen LogP contribution in [0.1, 0.15) is 37.0 Å². The first kappa shape index (κ1) is 16.1. The van der Waals surface area contributed by atoms with Crippen molar-refractivity contribution in [2.24, 2.45) is 0 Å². The summed E-state index contributed by atoms with van der Waals surface area (Å²) in [5.74, 6) is 2.07. The summed E-state index contributed by atoms with van der Waals surface area (Å²) in [4.78, 5) is 18.5. The maximum Gasteiger partial charge on any atom is 0.246 e. The average molecular weight is 331 g/mol. The van der Waals surface area contributed by atoms with Gasteiger partial charge in [0.05, 0.1) is 5.75 Å². The largest absolute Gasteiger partial charge is 0.337 e. The molecule has 2 aromatic rings. The van der Waals surface area contributed by atoms with E-state index in [0.717, 1.165) is 12.2 Å². The van der Waals surface area contributed by atoms with E-state index < -0.39 is 0 Å². The fourth-order valence-electron chi connectivity index (χ4n) is 3.06. The van der Waals surface area contributed by atoms with Gasteiger partial charge in [0.1, 0.15) is 6.54 Å². The Hall–Kier alpha value is -1.82. The minimum Gasteiger partial charge on any atom is -0.337 e. The lowest BCUT2D eigenvalue weighted by Gasteiger charge is -2.40. The summed E-state index contributed by atoms with van der Waals surface area (Å²) in [5.41, 5.74) is 1.24. The highest BCUT2D eigenvalue weighted by atomic mass is 32.2. The summed E-state index contributed by atoms with van der Waals surface area (Å²) < 4.78 is 5.27. The van der Waals surface area contributed by atoms with E-state index in [-0.39, 0.29) is 11.3 Å². The van der Waals surface area contributed by atoms with Gasteiger partial charge in [0.2, 0.25) is 11.8 Å². The molecule has 122 valence electrons. The van der Waals surface area contributed by atoms with Crippen LogP contribution in [0.25, 0.3) is 0 Å². The lowest BCUT2D eigenvalue weighted by atomic mass is 9.76. The Morgan fingerprint density at radius 2 is 2.13 bits per heavy atom. The molecule has 1 saturated heterocycles. The number of amides is 1. The first-order chi connectivity index (χ1) is 11.1. The van der Waals surface area contributed by atoms with Crippen LogP contribution in [0.2, 0.25) is 0 Å². The molecule has 0 bridgehead atoms. The Morgan fingerprint density at radius 1 is 1.35 bits per heavy atom. The number of likely N-dealkylation sites (tertiary alicyclic amines) is 1. The SMILES string of the molecule is CSCc1noc(CN2CC(C)(c3ccccc3)CCC2=O)n1. The van der Waals surface area contributed by atoms with Crippen molar-refractivity contribution < 1.29 is 9.32 Å². The highest BCUT2D eigenvalue weighted by Crippen LogP contribution is 2.34. The van der Waals surface area contributed by atoms with E-state index in [4.69, 9.17) is 4.52 Å². The predicted octanol–water partition coefficient (Wildman–Crippen LogP) is 3.01. The van der Waals surface area contributed by atoms with Crippen LogP contribution in [0.4, 0.5) is 0 Å². The molecule has 1 amide bonds. The molecule has 23 heavy (non-hydrogen) atoms. The Balaban J connectivity index is 1.74. The second kappa shape index (κ2) is 6.74. The van der Waals surface area contributed by atoms with E-state index in [0.29, 0.717) is 31.2 Å². The van der Waals surface area contributed by atoms with Crippen LogP contribution in [0.3, 0.4) is 0 Å². The van der Waals surface area contributed by atoms with Crippen molar-refractivity contribution in [1.29, 1.82) is 0 Å². The van der Waals surface area contributed by atoms with Gasteiger partial charge in [0.25, 0.3) is 0 Å². The van der Waals surface area contributed by atoms with Crippen molar-refractivity contribution in [3.8, 4) is 0 Å². The molecule has 0 aliphatic carbocycles. The van der Waals surface area contributed by atoms with E-state index in [1.54, 1.807) is 11.8 Å². The third kappa shape index (κ3) is 3.58. The van der Waals surface area contributed by atoms with Crippen molar-refractivity contribution >= 4 is 17.7 Å². The number of nitrogens with zero attached hydrogens (tertiary/aromatic N) is 3. The molecule has 6 heteroatoms. The topological polar surface area (TPSA) is 59.2 Å². The van der Waals surface area contributed by atoms with Crippen molar-refractivity contribution in [3.05, 3.63) is 47.6 Å². The van der Waals surface area contributed by atoms with Crippen LogP contribution in [0.5, 0.6) is 0 Å². The van der Waals surface area contributed by atoms with Gasteiger partial charge in [-0.15, -0.1) is 0 Å². The number of rotatable bonds is 5. The van der Waals surface area contributed by atoms with Crippen LogP contribution in [-0.4, -0.2) is 33.7 Å². The van der Waals surface area contributed by atoms with Gasteiger partial charge in [-0.25, -0.2) is 0 Å². The number of benzene rings is 1. The van der Waals surface area contributed by atoms with Gasteiger partial charge in [-0.3, -0.25) is 4.79 Å². The third-order valence-electron chi connectivity index (χ3n) is 4.36. The first-order valence-corrected chi connectivity index (χ1v) is 9.14. The van der Waals surface area contributed by atoms with Crippen LogP contribution < -0.4 is 0 Å². The molecule has 2 heterocycles. The lowest BCUT2D eigenvalue weighted by molar-refractivity contribution is -0.136. The fourth-order valence-corrected chi connectivity index (χ4v) is 3.43. The lowest BCUT2D eigenvalue weighted by Crippen LogP contribution is -2.47. The molecular weight excluding hydrogens is 310 g/mol. The highest BCUT2D eigenvalue weighted by molar-refractivity contribution is 7.97. The van der Waals surface area contributed by atoms with E-state index in [2.05, 4.69) is 29.2 Å². The maximum absolute atomic E-state index is 12.3. The summed E-state index contributed by atoms with van der Waals surface area (Å²) >= 11 is 1.65. The second-order valence-corrected chi connectivity index (χ2v) is 7.08. The standard InChI is InChI=1S/C17H21N3O2S/c1-17(13-6-4-3-5-7-13)9-8-16(21)20(12-17)10-15-18-14(11-23-2)19-22-15/h3-7H,8-12H2,1-2H3. The molecule has 3 rings (SSSR count). The van der Waals surface area contributed by atoms with E-state index >= 15 is 0 Å². The molecule has 1 aromatic carbocycles. The minimum absolute atomic E-state index is 0.0305. The molecule has 0 radical (unpaired) electrons. The van der Waals surface area contributed by atoms with Crippen molar-refractivity contribution in [3.63, 3.8) is 0 Å². The molecule has 0 N–H and O–H groups in total. The van der Waals surface area contributed by atoms with Crippen molar-refractivity contribution in [1.82, 2.24) is 15.0 Å². The fraction of sp³-hybridized carbons (Fsp3) is 0.471. The molecule has 0 saturated carbocycles. The Kier molecular flexibility index (Phi) is 4.71. The average Bonchev–Trinajstić information content (AvgIpc) is 3.00. The van der Waals surface area contributed by atoms with E-state index in [1.165, 1.54) is 5.56 Å². The Morgan fingerprint density at radius 3 is 2.87 bits per heavy atom. The number of aromatic nitrogens is 2. The predicted molar refractivity (Wildman–Crippen MR) is 90.0 cm³/mol. The van der Waals surface area contributed by atoms with Crippen molar-refractivity contribution in [2.75, 3.05) is 12.8 Å². The van der Waals surface area contributed by atoms with E-state index in [9.17, 15) is 4.79 Å². The van der Waals surface area contributed by atoms with Gasteiger partial charge in [-0.05, 0) is 18.2 Å². The molecule has 1 aromatic heterocycles. The number of carbonyl (C=O) groups is 1. The monoisotopic (exact) mass is 331 g/mol. The Labute approximate surface area is 140 Å². The molecule has 1 aliphatic heterocycles. The van der Waals surface area contributed by atoms with Gasteiger partial charge in [-0.2, -0.15) is 16.7 Å². The Bertz CT molecular complexity index is 673. The third-order valence-corrected chi connectivity index (χ3v) is 4.91. The summed E-state index contributed by atoms with van der Waals surface area (Å²) in [7, 11) is 0. The van der Waals surface area contributed by atoms with Gasteiger partial charge >= 0.3 is 0 Å². The number of piperidine rings is 1. The van der Waals surface area contributed by atoms with Gasteiger partial charge in [-0.1, -0.05) is 42.4 Å². The minimum atomic E-state index is -0.0305. The molecule has 1 unspecified atom stereocenters. The van der Waals surface area contributed by atoms with Gasteiger partial charge in [0, 0.05) is 18.4 Å². The van der Waals surface area contributed by atoms with Gasteiger partial charge in [0.15, 0.2) is 5.82 Å². The smallest absolute Gasteiger partial charge is 0.246 e. The number of hydrogen-bond donors (Lipinski definition) is 0. The van der Waals surface area contributed by atoms with Crippen LogP contribution in [-0.2, 0) is 22.5 Å². The van der Waals surface area contributed by atoms with Gasteiger partial charge < -0.3 is 9.42 Å². The summed E-state index contributed by atoms with van der Waals surface area (Å²) in [6.45, 7) is 3.29. The molecule has 1 atom stereocenters. The summed E-state index contributed by atoms with van der Waals surface area (Å²) in [6, 6.07) is 10.4. The highest BCUT2D eigenvalue weighted by Gasteiger charge is 2.36. The van der Waals surface area contributed by atoms with E-state index in [1.807, 2.05) is 29.4 Å². The molecule has 5 nitrogen and oxygen atoms in total. The van der Waals surface area contributed by atoms with Crippen LogP contribution in [0, 0.1) is 0 Å². The molecule has 0 spiro atoms. The number of carbonyl (C=O) groups excluding carboxylic acids is 1. The quantitative estimate of drug-likeness (QED) is 0.843. The normalized spacial score (nSPS) is 21.7. The molecule has 1 aliphatic rings. The zero-order valence-corrected chi connectivity index (χ0v) is 14.3. The second-order valence-electron chi connectivity index (χ2n) is 6.21. The summed E-state index contributed by atoms with van der Waals surface area (Å²) in [6.07, 6.45) is 3.42. The molecular formula is C17H21N3O2S. The maximum atomic E-state index is 12.3. The first-order valence-electron chi connectivity index (χ1n) is 7.74. The zero-order valence-electron chi connectivity index (χ0n) is 13.5. The summed E-state index contributed by atoms with van der Waals surface area (Å²) in [5, 5.41) is 3.95. The van der Waals surface area contributed by atoms with Crippen LogP contribution >= 0.6 is 11.8 Å². The van der Waals surface area contributed by atoms with Crippen molar-refractivity contribution in [2.45, 2.75) is 37.5 Å². The molecule has 1 fully saturated rings. The van der Waals surface area contributed by atoms with Crippen LogP contribution in [0.15, 0.2) is 34.9 Å². The number of thioether (sulfide) groups is 1. The zero-order chi connectivity index (χ0) is 16.3.